The number of H-pyrrole nitrogens is 1. The summed E-state index contributed by atoms with van der Waals surface area (Å²) in [4.78, 5) is 24.4. The summed E-state index contributed by atoms with van der Waals surface area (Å²) in [6.07, 6.45) is 6.81. The molecule has 5 aromatic rings. The van der Waals surface area contributed by atoms with Crippen molar-refractivity contribution < 1.29 is 9.18 Å². The molecular formula is C22H16FN5O. The van der Waals surface area contributed by atoms with Gasteiger partial charge in [0.2, 0.25) is 0 Å². The first-order valence-electron chi connectivity index (χ1n) is 9.09. The van der Waals surface area contributed by atoms with Gasteiger partial charge in [-0.2, -0.15) is 0 Å². The standard InChI is InChI=1S/C22H16FN5O/c23-17-1-2-19-16(9-17)11-20(28(19)13-14-3-6-24-7-4-14)22(29)27-18-10-15-5-8-25-21(15)26-12-18/h1-12H,13H2,(H,25,26)(H,27,29). The van der Waals surface area contributed by atoms with E-state index in [0.29, 0.717) is 23.3 Å². The molecule has 0 atom stereocenters. The smallest absolute Gasteiger partial charge is 0.272 e. The van der Waals surface area contributed by atoms with Gasteiger partial charge < -0.3 is 14.9 Å². The number of pyridine rings is 2. The van der Waals surface area contributed by atoms with E-state index in [4.69, 9.17) is 0 Å². The summed E-state index contributed by atoms with van der Waals surface area (Å²) in [6, 6.07) is 13.8. The molecule has 5 rings (SSSR count). The van der Waals surface area contributed by atoms with Crippen LogP contribution in [0.25, 0.3) is 21.9 Å². The van der Waals surface area contributed by atoms with Crippen molar-refractivity contribution in [1.82, 2.24) is 19.5 Å². The molecule has 7 heteroatoms. The summed E-state index contributed by atoms with van der Waals surface area (Å²) >= 11 is 0. The van der Waals surface area contributed by atoms with Gasteiger partial charge in [0, 0.05) is 41.4 Å². The molecule has 0 saturated carbocycles. The van der Waals surface area contributed by atoms with Gasteiger partial charge in [0.25, 0.3) is 5.91 Å². The lowest BCUT2D eigenvalue weighted by molar-refractivity contribution is 0.101. The highest BCUT2D eigenvalue weighted by Crippen LogP contribution is 2.24. The normalized spacial score (nSPS) is 11.2. The van der Waals surface area contributed by atoms with Crippen LogP contribution in [-0.4, -0.2) is 25.4 Å². The Morgan fingerprint density at radius 3 is 2.79 bits per heavy atom. The van der Waals surface area contributed by atoms with Crippen molar-refractivity contribution in [3.8, 4) is 0 Å². The van der Waals surface area contributed by atoms with Gasteiger partial charge in [0.05, 0.1) is 11.9 Å². The average molecular weight is 385 g/mol. The number of carbonyl (C=O) groups is 1. The van der Waals surface area contributed by atoms with Crippen LogP contribution < -0.4 is 5.32 Å². The summed E-state index contributed by atoms with van der Waals surface area (Å²) in [6.45, 7) is 0.468. The molecule has 1 aromatic carbocycles. The Bertz CT molecular complexity index is 1340. The molecule has 0 aliphatic heterocycles. The molecule has 0 unspecified atom stereocenters. The number of hydrogen-bond acceptors (Lipinski definition) is 3. The van der Waals surface area contributed by atoms with Gasteiger partial charge in [-0.1, -0.05) is 0 Å². The number of nitrogens with one attached hydrogen (secondary N) is 2. The van der Waals surface area contributed by atoms with E-state index in [9.17, 15) is 9.18 Å². The van der Waals surface area contributed by atoms with Crippen molar-refractivity contribution >= 4 is 33.5 Å². The zero-order valence-electron chi connectivity index (χ0n) is 15.3. The van der Waals surface area contributed by atoms with Crippen molar-refractivity contribution in [3.63, 3.8) is 0 Å². The molecule has 29 heavy (non-hydrogen) atoms. The van der Waals surface area contributed by atoms with Gasteiger partial charge in [-0.05, 0) is 54.1 Å². The number of benzene rings is 1. The van der Waals surface area contributed by atoms with Crippen molar-refractivity contribution in [2.24, 2.45) is 0 Å². The fourth-order valence-corrected chi connectivity index (χ4v) is 3.47. The Morgan fingerprint density at radius 2 is 1.93 bits per heavy atom. The SMILES string of the molecule is O=C(Nc1cnc2[nH]ccc2c1)c1cc2cc(F)ccc2n1Cc1ccncc1. The maximum absolute atomic E-state index is 13.7. The van der Waals surface area contributed by atoms with E-state index in [0.717, 1.165) is 22.1 Å². The topological polar surface area (TPSA) is 75.6 Å². The van der Waals surface area contributed by atoms with Crippen molar-refractivity contribution in [3.05, 3.63) is 90.4 Å². The van der Waals surface area contributed by atoms with Crippen LogP contribution >= 0.6 is 0 Å². The quantitative estimate of drug-likeness (QED) is 0.483. The number of hydrogen-bond donors (Lipinski definition) is 2. The Hall–Kier alpha value is -4.00. The first kappa shape index (κ1) is 17.1. The van der Waals surface area contributed by atoms with Crippen molar-refractivity contribution in [2.75, 3.05) is 5.32 Å². The predicted octanol–water partition coefficient (Wildman–Crippen LogP) is 4.35. The second kappa shape index (κ2) is 6.87. The van der Waals surface area contributed by atoms with Crippen LogP contribution in [0.2, 0.25) is 0 Å². The average Bonchev–Trinajstić information content (AvgIpc) is 3.33. The fraction of sp³-hybridized carbons (Fsp3) is 0.0455. The third kappa shape index (κ3) is 3.23. The molecule has 2 N–H and O–H groups in total. The number of aromatic amines is 1. The van der Waals surface area contributed by atoms with Crippen LogP contribution in [0.15, 0.2) is 73.3 Å². The number of amides is 1. The second-order valence-electron chi connectivity index (χ2n) is 6.77. The van der Waals surface area contributed by atoms with Crippen LogP contribution in [0.1, 0.15) is 16.1 Å². The summed E-state index contributed by atoms with van der Waals surface area (Å²) in [5.41, 5.74) is 3.56. The molecule has 0 spiro atoms. The molecule has 0 saturated heterocycles. The third-order valence-electron chi connectivity index (χ3n) is 4.84. The second-order valence-corrected chi connectivity index (χ2v) is 6.77. The van der Waals surface area contributed by atoms with Gasteiger partial charge in [-0.25, -0.2) is 9.37 Å². The van der Waals surface area contributed by atoms with Crippen molar-refractivity contribution in [1.29, 1.82) is 0 Å². The number of aromatic nitrogens is 4. The highest BCUT2D eigenvalue weighted by molar-refractivity contribution is 6.07. The number of anilines is 1. The minimum atomic E-state index is -0.340. The van der Waals surface area contributed by atoms with Gasteiger partial charge in [-0.15, -0.1) is 0 Å². The Labute approximate surface area is 165 Å². The largest absolute Gasteiger partial charge is 0.346 e. The summed E-state index contributed by atoms with van der Waals surface area (Å²) < 4.78 is 15.6. The lowest BCUT2D eigenvalue weighted by atomic mass is 10.2. The Kier molecular flexibility index (Phi) is 4.05. The monoisotopic (exact) mass is 385 g/mol. The van der Waals surface area contributed by atoms with E-state index < -0.39 is 0 Å². The molecule has 0 fully saturated rings. The molecule has 4 aromatic heterocycles. The lowest BCUT2D eigenvalue weighted by Gasteiger charge is -2.11. The number of nitrogens with zero attached hydrogens (tertiary/aromatic N) is 3. The number of halogens is 1. The molecule has 0 aliphatic carbocycles. The number of rotatable bonds is 4. The molecule has 6 nitrogen and oxygen atoms in total. The van der Waals surface area contributed by atoms with E-state index >= 15 is 0 Å². The van der Waals surface area contributed by atoms with Crippen LogP contribution in [0.3, 0.4) is 0 Å². The molecule has 142 valence electrons. The lowest BCUT2D eigenvalue weighted by Crippen LogP contribution is -2.17. The molecule has 0 bridgehead atoms. The molecule has 0 aliphatic rings. The van der Waals surface area contributed by atoms with E-state index in [1.807, 2.05) is 28.8 Å². The summed E-state index contributed by atoms with van der Waals surface area (Å²) in [7, 11) is 0. The molecular weight excluding hydrogens is 369 g/mol. The van der Waals surface area contributed by atoms with Crippen LogP contribution in [-0.2, 0) is 6.54 Å². The zero-order chi connectivity index (χ0) is 19.8. The number of fused-ring (bicyclic) bond motifs is 2. The highest BCUT2D eigenvalue weighted by Gasteiger charge is 2.17. The Morgan fingerprint density at radius 1 is 1.07 bits per heavy atom. The van der Waals surface area contributed by atoms with Gasteiger partial charge in [0.1, 0.15) is 17.2 Å². The van der Waals surface area contributed by atoms with Gasteiger partial charge >= 0.3 is 0 Å². The maximum Gasteiger partial charge on any atom is 0.272 e. The summed E-state index contributed by atoms with van der Waals surface area (Å²) in [5, 5.41) is 4.47. The van der Waals surface area contributed by atoms with E-state index in [-0.39, 0.29) is 11.7 Å². The predicted molar refractivity (Wildman–Crippen MR) is 109 cm³/mol. The molecule has 1 amide bonds. The third-order valence-corrected chi connectivity index (χ3v) is 4.84. The fourth-order valence-electron chi connectivity index (χ4n) is 3.47. The van der Waals surface area contributed by atoms with E-state index in [1.165, 1.54) is 12.1 Å². The van der Waals surface area contributed by atoms with E-state index in [2.05, 4.69) is 20.3 Å². The summed E-state index contributed by atoms with van der Waals surface area (Å²) in [5.74, 6) is -0.625. The van der Waals surface area contributed by atoms with Crippen LogP contribution in [0, 0.1) is 5.82 Å². The minimum Gasteiger partial charge on any atom is -0.346 e. The molecule has 4 heterocycles. The van der Waals surface area contributed by atoms with Crippen LogP contribution in [0.5, 0.6) is 0 Å². The van der Waals surface area contributed by atoms with E-state index in [1.54, 1.807) is 36.9 Å². The van der Waals surface area contributed by atoms with Gasteiger partial charge in [0.15, 0.2) is 0 Å². The zero-order valence-corrected chi connectivity index (χ0v) is 15.3. The number of carbonyl (C=O) groups excluding carboxylic acids is 1. The first-order chi connectivity index (χ1) is 14.2. The maximum atomic E-state index is 13.7. The van der Waals surface area contributed by atoms with Gasteiger partial charge in [-0.3, -0.25) is 9.78 Å². The minimum absolute atomic E-state index is 0.285. The van der Waals surface area contributed by atoms with Crippen molar-refractivity contribution in [2.45, 2.75) is 6.54 Å². The molecule has 0 radical (unpaired) electrons. The van der Waals surface area contributed by atoms with Crippen LogP contribution in [0.4, 0.5) is 10.1 Å². The highest BCUT2D eigenvalue weighted by atomic mass is 19.1. The first-order valence-corrected chi connectivity index (χ1v) is 9.09. The Balaban J connectivity index is 1.55.